The van der Waals surface area contributed by atoms with E-state index in [0.717, 1.165) is 11.1 Å². The quantitative estimate of drug-likeness (QED) is 0.651. The summed E-state index contributed by atoms with van der Waals surface area (Å²) in [4.78, 5) is 25.4. The molecular formula is C18H20ClF3N4O3. The highest BCUT2D eigenvalue weighted by Gasteiger charge is 2.41. The Labute approximate surface area is 170 Å². The van der Waals surface area contributed by atoms with Crippen LogP contribution in [0.2, 0.25) is 5.02 Å². The number of methoxy groups -OCH3 is 1. The highest BCUT2D eigenvalue weighted by molar-refractivity contribution is 6.30. The molecule has 7 nitrogen and oxygen atoms in total. The number of nitrogens with zero attached hydrogens (tertiary/aromatic N) is 3. The molecule has 2 aromatic rings. The lowest BCUT2D eigenvalue weighted by atomic mass is 10.2. The van der Waals surface area contributed by atoms with Crippen molar-refractivity contribution in [2.45, 2.75) is 12.6 Å². The van der Waals surface area contributed by atoms with Crippen molar-refractivity contribution in [3.05, 3.63) is 46.7 Å². The van der Waals surface area contributed by atoms with E-state index in [1.54, 1.807) is 0 Å². The molecule has 2 amide bonds. The van der Waals surface area contributed by atoms with Crippen LogP contribution in [-0.2, 0) is 15.7 Å². The van der Waals surface area contributed by atoms with Crippen molar-refractivity contribution in [3.8, 4) is 5.69 Å². The highest BCUT2D eigenvalue weighted by Crippen LogP contribution is 2.34. The molecular weight excluding hydrogens is 413 g/mol. The van der Waals surface area contributed by atoms with Gasteiger partial charge in [-0.15, -0.1) is 0 Å². The normalized spacial score (nSPS) is 11.4. The standard InChI is InChI=1S/C18H20ClF3N4O3/c1-25(11-15(27)23-7-4-8-29-2)17(28)14-10-24-26(16(14)18(20,21)22)13-6-3-5-12(19)9-13/h3,5-6,9-10H,4,7-8,11H2,1-2H3,(H,23,27). The molecule has 0 spiro atoms. The maximum Gasteiger partial charge on any atom is 0.434 e. The van der Waals surface area contributed by atoms with Crippen molar-refractivity contribution in [2.24, 2.45) is 0 Å². The number of benzene rings is 1. The number of carbonyl (C=O) groups is 2. The Bertz CT molecular complexity index is 870. The molecule has 0 bridgehead atoms. The molecule has 1 aromatic heterocycles. The first kappa shape index (κ1) is 22.7. The van der Waals surface area contributed by atoms with Gasteiger partial charge in [-0.05, 0) is 24.6 Å². The van der Waals surface area contributed by atoms with Gasteiger partial charge in [-0.25, -0.2) is 4.68 Å². The maximum absolute atomic E-state index is 13.7. The first-order valence-electron chi connectivity index (χ1n) is 8.57. The minimum absolute atomic E-state index is 0.0578. The predicted octanol–water partition coefficient (Wildman–Crippen LogP) is 2.77. The van der Waals surface area contributed by atoms with Gasteiger partial charge in [0.1, 0.15) is 0 Å². The molecule has 11 heteroatoms. The molecule has 1 N–H and O–H groups in total. The fourth-order valence-corrected chi connectivity index (χ4v) is 2.76. The van der Waals surface area contributed by atoms with Gasteiger partial charge in [0.2, 0.25) is 5.91 Å². The maximum atomic E-state index is 13.7. The number of carbonyl (C=O) groups excluding carboxylic acids is 2. The van der Waals surface area contributed by atoms with Crippen LogP contribution in [0.4, 0.5) is 13.2 Å². The number of hydrogen-bond acceptors (Lipinski definition) is 4. The van der Waals surface area contributed by atoms with E-state index in [-0.39, 0.29) is 10.7 Å². The van der Waals surface area contributed by atoms with E-state index in [2.05, 4.69) is 10.4 Å². The van der Waals surface area contributed by atoms with Crippen molar-refractivity contribution in [1.29, 1.82) is 0 Å². The van der Waals surface area contributed by atoms with E-state index in [4.69, 9.17) is 16.3 Å². The van der Waals surface area contributed by atoms with Crippen LogP contribution < -0.4 is 5.32 Å². The van der Waals surface area contributed by atoms with E-state index in [1.807, 2.05) is 0 Å². The molecule has 0 aliphatic carbocycles. The third kappa shape index (κ3) is 5.94. The fourth-order valence-electron chi connectivity index (χ4n) is 2.57. The highest BCUT2D eigenvalue weighted by atomic mass is 35.5. The number of amides is 2. The Morgan fingerprint density at radius 2 is 2.07 bits per heavy atom. The van der Waals surface area contributed by atoms with Gasteiger partial charge >= 0.3 is 6.18 Å². The molecule has 0 radical (unpaired) electrons. The summed E-state index contributed by atoms with van der Waals surface area (Å²) in [6.45, 7) is 0.382. The van der Waals surface area contributed by atoms with E-state index < -0.39 is 35.8 Å². The van der Waals surface area contributed by atoms with Gasteiger partial charge < -0.3 is 15.0 Å². The summed E-state index contributed by atoms with van der Waals surface area (Å²) >= 11 is 5.85. The Hall–Kier alpha value is -2.59. The molecule has 1 heterocycles. The summed E-state index contributed by atoms with van der Waals surface area (Å²) < 4.78 is 46.6. The molecule has 0 aliphatic rings. The van der Waals surface area contributed by atoms with Crippen LogP contribution in [0.1, 0.15) is 22.5 Å². The fraction of sp³-hybridized carbons (Fsp3) is 0.389. The smallest absolute Gasteiger partial charge is 0.385 e. The lowest BCUT2D eigenvalue weighted by molar-refractivity contribution is -0.143. The topological polar surface area (TPSA) is 76.5 Å². The first-order chi connectivity index (χ1) is 13.6. The van der Waals surface area contributed by atoms with Crippen LogP contribution >= 0.6 is 11.6 Å². The zero-order valence-electron chi connectivity index (χ0n) is 15.8. The second kappa shape index (κ2) is 9.75. The van der Waals surface area contributed by atoms with Crippen LogP contribution in [0.5, 0.6) is 0 Å². The Balaban J connectivity index is 2.23. The van der Waals surface area contributed by atoms with Crippen molar-refractivity contribution < 1.29 is 27.5 Å². The Kier molecular flexibility index (Phi) is 7.63. The van der Waals surface area contributed by atoms with Gasteiger partial charge in [0.25, 0.3) is 5.91 Å². The Morgan fingerprint density at radius 3 is 2.69 bits per heavy atom. The average Bonchev–Trinajstić information content (AvgIpc) is 3.10. The van der Waals surface area contributed by atoms with Crippen LogP contribution in [0.15, 0.2) is 30.5 Å². The molecule has 29 heavy (non-hydrogen) atoms. The SMILES string of the molecule is COCCCNC(=O)CN(C)C(=O)c1cnn(-c2cccc(Cl)c2)c1C(F)(F)F. The lowest BCUT2D eigenvalue weighted by Gasteiger charge is -2.18. The van der Waals surface area contributed by atoms with Crippen LogP contribution in [-0.4, -0.2) is 60.3 Å². The van der Waals surface area contributed by atoms with Gasteiger partial charge in [-0.1, -0.05) is 17.7 Å². The molecule has 1 aromatic carbocycles. The minimum Gasteiger partial charge on any atom is -0.385 e. The van der Waals surface area contributed by atoms with E-state index in [1.165, 1.54) is 38.4 Å². The third-order valence-corrected chi connectivity index (χ3v) is 4.13. The minimum atomic E-state index is -4.85. The number of aromatic nitrogens is 2. The average molecular weight is 433 g/mol. The number of alkyl halides is 3. The molecule has 2 rings (SSSR count). The van der Waals surface area contributed by atoms with Crippen LogP contribution in [0.3, 0.4) is 0 Å². The molecule has 0 saturated heterocycles. The van der Waals surface area contributed by atoms with Gasteiger partial charge in [-0.3, -0.25) is 9.59 Å². The van der Waals surface area contributed by atoms with E-state index >= 15 is 0 Å². The number of likely N-dealkylation sites (N-methyl/N-ethyl adjacent to an activating group) is 1. The summed E-state index contributed by atoms with van der Waals surface area (Å²) in [5.41, 5.74) is -1.84. The number of hydrogen-bond donors (Lipinski definition) is 1. The number of nitrogens with one attached hydrogen (secondary N) is 1. The first-order valence-corrected chi connectivity index (χ1v) is 8.95. The number of ether oxygens (including phenoxy) is 1. The van der Waals surface area contributed by atoms with Crippen molar-refractivity contribution >= 4 is 23.4 Å². The van der Waals surface area contributed by atoms with Crippen molar-refractivity contribution in [2.75, 3.05) is 33.9 Å². The van der Waals surface area contributed by atoms with Gasteiger partial charge in [0.05, 0.1) is 24.0 Å². The zero-order valence-corrected chi connectivity index (χ0v) is 16.5. The number of halogens is 4. The molecule has 0 aliphatic heterocycles. The largest absolute Gasteiger partial charge is 0.434 e. The van der Waals surface area contributed by atoms with E-state index in [0.29, 0.717) is 24.3 Å². The molecule has 0 saturated carbocycles. The lowest BCUT2D eigenvalue weighted by Crippen LogP contribution is -2.39. The second-order valence-corrected chi connectivity index (χ2v) is 6.59. The van der Waals surface area contributed by atoms with Crippen LogP contribution in [0, 0.1) is 0 Å². The number of rotatable bonds is 8. The van der Waals surface area contributed by atoms with E-state index in [9.17, 15) is 22.8 Å². The van der Waals surface area contributed by atoms with Crippen LogP contribution in [0.25, 0.3) is 5.69 Å². The molecule has 0 atom stereocenters. The second-order valence-electron chi connectivity index (χ2n) is 6.15. The molecule has 0 fully saturated rings. The summed E-state index contributed by atoms with van der Waals surface area (Å²) in [6.07, 6.45) is -3.45. The zero-order chi connectivity index (χ0) is 21.6. The summed E-state index contributed by atoms with van der Waals surface area (Å²) in [6, 6.07) is 5.67. The molecule has 158 valence electrons. The van der Waals surface area contributed by atoms with Gasteiger partial charge in [0, 0.05) is 32.3 Å². The summed E-state index contributed by atoms with van der Waals surface area (Å²) in [7, 11) is 2.77. The summed E-state index contributed by atoms with van der Waals surface area (Å²) in [5, 5.41) is 6.51. The van der Waals surface area contributed by atoms with Gasteiger partial charge in [0.15, 0.2) is 5.69 Å². The summed E-state index contributed by atoms with van der Waals surface area (Å²) in [5.74, 6) is -1.47. The monoisotopic (exact) mass is 432 g/mol. The van der Waals surface area contributed by atoms with Gasteiger partial charge in [-0.2, -0.15) is 18.3 Å². The third-order valence-electron chi connectivity index (χ3n) is 3.90. The predicted molar refractivity (Wildman–Crippen MR) is 100 cm³/mol. The Morgan fingerprint density at radius 1 is 1.34 bits per heavy atom. The van der Waals surface area contributed by atoms with Crippen molar-refractivity contribution in [1.82, 2.24) is 20.0 Å². The van der Waals surface area contributed by atoms with Crippen molar-refractivity contribution in [3.63, 3.8) is 0 Å². The molecule has 0 unspecified atom stereocenters.